The highest BCUT2D eigenvalue weighted by atomic mass is 15.1. The topological polar surface area (TPSA) is 43.8 Å². The molecule has 0 saturated heterocycles. The molecule has 20 heavy (non-hydrogen) atoms. The van der Waals surface area contributed by atoms with Gasteiger partial charge in [0.15, 0.2) is 0 Å². The molecule has 1 atom stereocenters. The molecule has 3 heteroatoms. The van der Waals surface area contributed by atoms with Crippen LogP contribution in [-0.2, 0) is 13.0 Å². The van der Waals surface area contributed by atoms with Crippen LogP contribution in [0.15, 0.2) is 12.1 Å². The maximum absolute atomic E-state index is 6.10. The Labute approximate surface area is 120 Å². The minimum atomic E-state index is 0.267. The van der Waals surface area contributed by atoms with Crippen molar-refractivity contribution in [2.75, 3.05) is 0 Å². The Morgan fingerprint density at radius 1 is 1.15 bits per heavy atom. The number of aromatic nitrogens is 2. The van der Waals surface area contributed by atoms with Crippen LogP contribution in [0.25, 0.3) is 11.3 Å². The highest BCUT2D eigenvalue weighted by Crippen LogP contribution is 2.33. The Kier molecular flexibility index (Phi) is 3.17. The summed E-state index contributed by atoms with van der Waals surface area (Å²) in [5.74, 6) is 1.09. The predicted octanol–water partition coefficient (Wildman–Crippen LogP) is 3.06. The van der Waals surface area contributed by atoms with Crippen molar-refractivity contribution in [3.63, 3.8) is 0 Å². The summed E-state index contributed by atoms with van der Waals surface area (Å²) in [7, 11) is 0. The maximum atomic E-state index is 6.10. The Morgan fingerprint density at radius 2 is 1.80 bits per heavy atom. The lowest BCUT2D eigenvalue weighted by atomic mass is 9.94. The number of rotatable bonds is 1. The normalized spacial score (nSPS) is 18.1. The van der Waals surface area contributed by atoms with Gasteiger partial charge in [-0.1, -0.05) is 17.7 Å². The Morgan fingerprint density at radius 3 is 2.45 bits per heavy atom. The van der Waals surface area contributed by atoms with Gasteiger partial charge >= 0.3 is 0 Å². The fraction of sp³-hybridized carbons (Fsp3) is 0.471. The van der Waals surface area contributed by atoms with E-state index in [0.717, 1.165) is 25.2 Å². The monoisotopic (exact) mass is 269 g/mol. The molecular weight excluding hydrogens is 246 g/mol. The van der Waals surface area contributed by atoms with Crippen molar-refractivity contribution in [2.45, 2.75) is 53.1 Å². The second-order valence-corrected chi connectivity index (χ2v) is 6.14. The van der Waals surface area contributed by atoms with Gasteiger partial charge in [-0.3, -0.25) is 0 Å². The van der Waals surface area contributed by atoms with Gasteiger partial charge < -0.3 is 10.3 Å². The molecule has 0 amide bonds. The van der Waals surface area contributed by atoms with E-state index in [2.05, 4.69) is 44.4 Å². The van der Waals surface area contributed by atoms with E-state index in [1.165, 1.54) is 33.6 Å². The molecule has 0 radical (unpaired) electrons. The van der Waals surface area contributed by atoms with Gasteiger partial charge in [-0.15, -0.1) is 0 Å². The number of nitrogens with two attached hydrogens (primary N) is 1. The van der Waals surface area contributed by atoms with Crippen LogP contribution in [0.3, 0.4) is 0 Å². The predicted molar refractivity (Wildman–Crippen MR) is 82.9 cm³/mol. The molecule has 1 aliphatic heterocycles. The van der Waals surface area contributed by atoms with Crippen molar-refractivity contribution < 1.29 is 0 Å². The van der Waals surface area contributed by atoms with Crippen LogP contribution in [0, 0.1) is 27.7 Å². The van der Waals surface area contributed by atoms with Crippen LogP contribution in [0.5, 0.6) is 0 Å². The molecular formula is C17H23N3. The summed E-state index contributed by atoms with van der Waals surface area (Å²) in [5, 5.41) is 0. The zero-order valence-electron chi connectivity index (χ0n) is 12.8. The molecule has 2 N–H and O–H groups in total. The third-order valence-corrected chi connectivity index (χ3v) is 4.35. The summed E-state index contributed by atoms with van der Waals surface area (Å²) in [6.07, 6.45) is 2.09. The van der Waals surface area contributed by atoms with Crippen molar-refractivity contribution in [3.05, 3.63) is 40.3 Å². The van der Waals surface area contributed by atoms with E-state index >= 15 is 0 Å². The van der Waals surface area contributed by atoms with Crippen molar-refractivity contribution >= 4 is 0 Å². The standard InChI is InChI=1S/C17H23N3/c1-10-7-11(2)16(12(3)8-10)17-15-6-5-14(18)9-20(15)13(4)19-17/h7-8,14H,5-6,9,18H2,1-4H3. The summed E-state index contributed by atoms with van der Waals surface area (Å²) in [6, 6.07) is 4.76. The van der Waals surface area contributed by atoms with Gasteiger partial charge in [0.2, 0.25) is 0 Å². The van der Waals surface area contributed by atoms with Crippen LogP contribution >= 0.6 is 0 Å². The first-order valence-corrected chi connectivity index (χ1v) is 7.37. The molecule has 0 aliphatic carbocycles. The van der Waals surface area contributed by atoms with Gasteiger partial charge in [-0.05, 0) is 51.7 Å². The summed E-state index contributed by atoms with van der Waals surface area (Å²) in [5.41, 5.74) is 13.9. The SMILES string of the molecule is Cc1cc(C)c(-c2nc(C)n3c2CCC(N)C3)c(C)c1. The van der Waals surface area contributed by atoms with Crippen molar-refractivity contribution in [3.8, 4) is 11.3 Å². The van der Waals surface area contributed by atoms with Crippen LogP contribution in [0.2, 0.25) is 0 Å². The highest BCUT2D eigenvalue weighted by molar-refractivity contribution is 5.70. The Hall–Kier alpha value is -1.61. The number of fused-ring (bicyclic) bond motifs is 1. The molecule has 106 valence electrons. The van der Waals surface area contributed by atoms with E-state index in [1.54, 1.807) is 0 Å². The molecule has 1 aliphatic rings. The van der Waals surface area contributed by atoms with Gasteiger partial charge in [0.25, 0.3) is 0 Å². The van der Waals surface area contributed by atoms with Gasteiger partial charge in [-0.25, -0.2) is 4.98 Å². The Bertz CT molecular complexity index is 644. The van der Waals surface area contributed by atoms with Crippen molar-refractivity contribution in [2.24, 2.45) is 5.73 Å². The largest absolute Gasteiger partial charge is 0.330 e. The molecule has 0 fully saturated rings. The summed E-state index contributed by atoms with van der Waals surface area (Å²) in [4.78, 5) is 4.86. The quantitative estimate of drug-likeness (QED) is 0.864. The minimum absolute atomic E-state index is 0.267. The smallest absolute Gasteiger partial charge is 0.106 e. The first-order valence-electron chi connectivity index (χ1n) is 7.37. The highest BCUT2D eigenvalue weighted by Gasteiger charge is 2.24. The third-order valence-electron chi connectivity index (χ3n) is 4.35. The lowest BCUT2D eigenvalue weighted by Gasteiger charge is -2.23. The van der Waals surface area contributed by atoms with E-state index in [-0.39, 0.29) is 6.04 Å². The van der Waals surface area contributed by atoms with E-state index < -0.39 is 0 Å². The fourth-order valence-electron chi connectivity index (χ4n) is 3.51. The zero-order valence-corrected chi connectivity index (χ0v) is 12.8. The summed E-state index contributed by atoms with van der Waals surface area (Å²) < 4.78 is 2.31. The van der Waals surface area contributed by atoms with Gasteiger partial charge in [0.1, 0.15) is 5.82 Å². The summed E-state index contributed by atoms with van der Waals surface area (Å²) in [6.45, 7) is 9.51. The average molecular weight is 269 g/mol. The van der Waals surface area contributed by atoms with Crippen LogP contribution in [0.4, 0.5) is 0 Å². The zero-order chi connectivity index (χ0) is 14.4. The second kappa shape index (κ2) is 4.74. The number of hydrogen-bond acceptors (Lipinski definition) is 2. The molecule has 3 nitrogen and oxygen atoms in total. The summed E-state index contributed by atoms with van der Waals surface area (Å²) >= 11 is 0. The molecule has 2 aromatic rings. The molecule has 1 aromatic heterocycles. The van der Waals surface area contributed by atoms with E-state index in [4.69, 9.17) is 10.7 Å². The second-order valence-electron chi connectivity index (χ2n) is 6.14. The fourth-order valence-corrected chi connectivity index (χ4v) is 3.51. The Balaban J connectivity index is 2.20. The lowest BCUT2D eigenvalue weighted by Crippen LogP contribution is -2.32. The van der Waals surface area contributed by atoms with Crippen LogP contribution < -0.4 is 5.73 Å². The van der Waals surface area contributed by atoms with Crippen molar-refractivity contribution in [1.29, 1.82) is 0 Å². The molecule has 0 bridgehead atoms. The lowest BCUT2D eigenvalue weighted by molar-refractivity contribution is 0.454. The number of imidazole rings is 1. The maximum Gasteiger partial charge on any atom is 0.106 e. The molecule has 1 aromatic carbocycles. The number of aryl methyl sites for hydroxylation is 4. The first-order chi connectivity index (χ1) is 9.47. The molecule has 0 spiro atoms. The van der Waals surface area contributed by atoms with Gasteiger partial charge in [-0.2, -0.15) is 0 Å². The van der Waals surface area contributed by atoms with E-state index in [9.17, 15) is 0 Å². The first kappa shape index (κ1) is 13.4. The average Bonchev–Trinajstić information content (AvgIpc) is 2.65. The number of hydrogen-bond donors (Lipinski definition) is 1. The minimum Gasteiger partial charge on any atom is -0.330 e. The number of benzene rings is 1. The van der Waals surface area contributed by atoms with Crippen LogP contribution in [0.1, 0.15) is 34.6 Å². The van der Waals surface area contributed by atoms with Crippen LogP contribution in [-0.4, -0.2) is 15.6 Å². The molecule has 0 saturated carbocycles. The molecule has 3 rings (SSSR count). The van der Waals surface area contributed by atoms with Gasteiger partial charge in [0.05, 0.1) is 5.69 Å². The van der Waals surface area contributed by atoms with Gasteiger partial charge in [0, 0.05) is 23.8 Å². The molecule has 2 heterocycles. The van der Waals surface area contributed by atoms with E-state index in [0.29, 0.717) is 0 Å². The van der Waals surface area contributed by atoms with E-state index in [1.807, 2.05) is 0 Å². The number of nitrogens with zero attached hydrogens (tertiary/aromatic N) is 2. The third kappa shape index (κ3) is 2.06. The van der Waals surface area contributed by atoms with Crippen molar-refractivity contribution in [1.82, 2.24) is 9.55 Å². The molecule has 1 unspecified atom stereocenters.